The lowest BCUT2D eigenvalue weighted by atomic mass is 10.0. The van der Waals surface area contributed by atoms with E-state index in [-0.39, 0.29) is 13.0 Å². The van der Waals surface area contributed by atoms with Crippen molar-refractivity contribution in [3.63, 3.8) is 0 Å². The Morgan fingerprint density at radius 2 is 1.48 bits per heavy atom. The lowest BCUT2D eigenvalue weighted by molar-refractivity contribution is -0.147. The fraction of sp³-hybridized carbons (Fsp3) is 0.952. The summed E-state index contributed by atoms with van der Waals surface area (Å²) in [6.07, 6.45) is 12.8. The lowest BCUT2D eigenvalue weighted by Crippen LogP contribution is -2.23. The van der Waals surface area contributed by atoms with Crippen LogP contribution >= 0.6 is 7.82 Å². The molecule has 9 nitrogen and oxygen atoms in total. The first-order chi connectivity index (χ1) is 14.8. The predicted octanol–water partition coefficient (Wildman–Crippen LogP) is 3.24. The summed E-state index contributed by atoms with van der Waals surface area (Å²) in [5, 5.41) is 9.44. The Kier molecular flexibility index (Phi) is 12.0. The van der Waals surface area contributed by atoms with Gasteiger partial charge in [0, 0.05) is 12.8 Å². The molecule has 0 bridgehead atoms. The van der Waals surface area contributed by atoms with Crippen LogP contribution in [-0.4, -0.2) is 64.6 Å². The van der Waals surface area contributed by atoms with E-state index in [1.807, 2.05) is 0 Å². The summed E-state index contributed by atoms with van der Waals surface area (Å²) in [7, 11) is -4.63. The van der Waals surface area contributed by atoms with Gasteiger partial charge in [-0.05, 0) is 19.3 Å². The number of phosphoric acid groups is 1. The number of phosphoric ester groups is 1. The number of carbonyl (C=O) groups excluding carboxylic acids is 1. The molecule has 2 aliphatic heterocycles. The van der Waals surface area contributed by atoms with Gasteiger partial charge < -0.3 is 29.1 Å². The van der Waals surface area contributed by atoms with E-state index in [2.05, 4.69) is 11.4 Å². The molecule has 2 fully saturated rings. The maximum absolute atomic E-state index is 11.6. The number of esters is 1. The highest BCUT2D eigenvalue weighted by Gasteiger charge is 2.47. The minimum atomic E-state index is -4.63. The van der Waals surface area contributed by atoms with Crippen molar-refractivity contribution < 1.29 is 43.0 Å². The molecule has 0 aromatic heterocycles. The van der Waals surface area contributed by atoms with Crippen molar-refractivity contribution in [3.8, 4) is 0 Å². The Labute approximate surface area is 185 Å². The number of rotatable bonds is 19. The van der Waals surface area contributed by atoms with Gasteiger partial charge in [-0.15, -0.1) is 0 Å². The van der Waals surface area contributed by atoms with Crippen molar-refractivity contribution in [2.24, 2.45) is 0 Å². The van der Waals surface area contributed by atoms with Crippen LogP contribution < -0.4 is 0 Å². The second kappa shape index (κ2) is 13.9. The second-order valence-corrected chi connectivity index (χ2v) is 9.83. The summed E-state index contributed by atoms with van der Waals surface area (Å²) in [6.45, 7) is 1.29. The fourth-order valence-corrected chi connectivity index (χ4v) is 4.11. The highest BCUT2D eigenvalue weighted by atomic mass is 31.2. The predicted molar refractivity (Wildman–Crippen MR) is 113 cm³/mol. The minimum absolute atomic E-state index is 0.265. The molecule has 0 aromatic carbocycles. The summed E-state index contributed by atoms with van der Waals surface area (Å²) in [5.41, 5.74) is 0. The molecule has 182 valence electrons. The van der Waals surface area contributed by atoms with Crippen LogP contribution in [0.1, 0.15) is 84.0 Å². The monoisotopic (exact) mass is 466 g/mol. The van der Waals surface area contributed by atoms with E-state index in [4.69, 9.17) is 24.0 Å². The van der Waals surface area contributed by atoms with Gasteiger partial charge in [0.25, 0.3) is 0 Å². The molecule has 2 saturated heterocycles. The lowest BCUT2D eigenvalue weighted by Gasteiger charge is -2.12. The van der Waals surface area contributed by atoms with Crippen LogP contribution in [-0.2, 0) is 28.1 Å². The normalized spacial score (nSPS) is 25.9. The maximum atomic E-state index is 11.6. The highest BCUT2D eigenvalue weighted by molar-refractivity contribution is 7.46. The number of epoxide rings is 2. The largest absolute Gasteiger partial charge is 0.469 e. The molecule has 3 N–H and O–H groups in total. The van der Waals surface area contributed by atoms with Gasteiger partial charge in [0.2, 0.25) is 0 Å². The first-order valence-corrected chi connectivity index (χ1v) is 13.2. The van der Waals surface area contributed by atoms with Crippen molar-refractivity contribution in [1.29, 1.82) is 0 Å². The van der Waals surface area contributed by atoms with Gasteiger partial charge >= 0.3 is 13.8 Å². The number of hydrogen-bond donors (Lipinski definition) is 3. The van der Waals surface area contributed by atoms with E-state index in [9.17, 15) is 14.5 Å². The molecular formula is C21H39O9P. The second-order valence-electron chi connectivity index (χ2n) is 8.59. The standard InChI is InChI=1S/C21H39O9P/c1-2-3-7-10-17-19(29-17)13-20-18(30-20)11-8-5-4-6-9-12-21(23)27-14-16(22)15-28-31(24,25)26/h16-20,22H,2-15H2,1H3,(H2,24,25,26)/t16-,17-,18+,19+,20-/m0/s1. The zero-order valence-corrected chi connectivity index (χ0v) is 19.4. The van der Waals surface area contributed by atoms with Crippen molar-refractivity contribution >= 4 is 13.8 Å². The Morgan fingerprint density at radius 3 is 2.10 bits per heavy atom. The smallest absolute Gasteiger partial charge is 0.463 e. The summed E-state index contributed by atoms with van der Waals surface area (Å²) in [4.78, 5) is 28.7. The molecule has 2 heterocycles. The third kappa shape index (κ3) is 12.9. The quantitative estimate of drug-likeness (QED) is 0.113. The average molecular weight is 467 g/mol. The van der Waals surface area contributed by atoms with Crippen molar-refractivity contribution in [3.05, 3.63) is 0 Å². The molecule has 10 heteroatoms. The number of aliphatic hydroxyl groups excluding tert-OH is 1. The van der Waals surface area contributed by atoms with E-state index in [1.54, 1.807) is 0 Å². The molecule has 0 unspecified atom stereocenters. The molecule has 0 spiro atoms. The number of carbonyl (C=O) groups is 1. The van der Waals surface area contributed by atoms with Crippen LogP contribution in [0.4, 0.5) is 0 Å². The van der Waals surface area contributed by atoms with E-state index < -0.39 is 26.5 Å². The van der Waals surface area contributed by atoms with Crippen molar-refractivity contribution in [2.45, 2.75) is 114 Å². The molecule has 0 saturated carbocycles. The average Bonchev–Trinajstić information content (AvgIpc) is 3.62. The molecule has 2 rings (SSSR count). The van der Waals surface area contributed by atoms with Gasteiger partial charge in [-0.3, -0.25) is 9.32 Å². The Hall–Kier alpha value is -0.540. The van der Waals surface area contributed by atoms with Crippen LogP contribution in [0.25, 0.3) is 0 Å². The molecule has 31 heavy (non-hydrogen) atoms. The zero-order chi connectivity index (χ0) is 22.7. The molecule has 5 atom stereocenters. The van der Waals surface area contributed by atoms with E-state index >= 15 is 0 Å². The molecular weight excluding hydrogens is 427 g/mol. The van der Waals surface area contributed by atoms with Crippen LogP contribution in [0.2, 0.25) is 0 Å². The van der Waals surface area contributed by atoms with Crippen molar-refractivity contribution in [2.75, 3.05) is 13.2 Å². The summed E-state index contributed by atoms with van der Waals surface area (Å²) in [6, 6.07) is 0. The first kappa shape index (κ1) is 26.7. The Bertz CT molecular complexity index is 567. The minimum Gasteiger partial charge on any atom is -0.463 e. The topological polar surface area (TPSA) is 138 Å². The van der Waals surface area contributed by atoms with Crippen LogP contribution in [0.3, 0.4) is 0 Å². The van der Waals surface area contributed by atoms with Crippen molar-refractivity contribution in [1.82, 2.24) is 0 Å². The van der Waals surface area contributed by atoms with Gasteiger partial charge in [-0.2, -0.15) is 0 Å². The maximum Gasteiger partial charge on any atom is 0.469 e. The molecule has 0 radical (unpaired) electrons. The third-order valence-electron chi connectivity index (χ3n) is 5.67. The number of hydrogen-bond acceptors (Lipinski definition) is 7. The zero-order valence-electron chi connectivity index (χ0n) is 18.5. The van der Waals surface area contributed by atoms with Crippen LogP contribution in [0.15, 0.2) is 0 Å². The van der Waals surface area contributed by atoms with Gasteiger partial charge in [0.1, 0.15) is 12.7 Å². The van der Waals surface area contributed by atoms with E-state index in [0.29, 0.717) is 24.4 Å². The van der Waals surface area contributed by atoms with Gasteiger partial charge in [-0.25, -0.2) is 4.57 Å². The fourth-order valence-electron chi connectivity index (χ4n) is 3.74. The summed E-state index contributed by atoms with van der Waals surface area (Å²) >= 11 is 0. The molecule has 0 aromatic rings. The van der Waals surface area contributed by atoms with Gasteiger partial charge in [0.05, 0.1) is 31.0 Å². The third-order valence-corrected chi connectivity index (χ3v) is 6.16. The SMILES string of the molecule is CCCCC[C@@H]1O[C@@H]1C[C@@H]1O[C@@H]1CCCCCCCC(=O)OC[C@H](O)COP(=O)(O)O. The molecule has 0 aliphatic carbocycles. The summed E-state index contributed by atoms with van der Waals surface area (Å²) < 4.78 is 31.0. The molecule has 0 amide bonds. The van der Waals surface area contributed by atoms with Crippen LogP contribution in [0, 0.1) is 0 Å². The Balaban J connectivity index is 1.34. The summed E-state index contributed by atoms with van der Waals surface area (Å²) in [5.74, 6) is -0.431. The highest BCUT2D eigenvalue weighted by Crippen LogP contribution is 2.39. The Morgan fingerprint density at radius 1 is 0.903 bits per heavy atom. The van der Waals surface area contributed by atoms with Gasteiger partial charge in [0.15, 0.2) is 0 Å². The van der Waals surface area contributed by atoms with Crippen LogP contribution in [0.5, 0.6) is 0 Å². The van der Waals surface area contributed by atoms with E-state index in [1.165, 1.54) is 25.7 Å². The number of aliphatic hydroxyl groups is 1. The first-order valence-electron chi connectivity index (χ1n) is 11.6. The molecule has 2 aliphatic rings. The number of ether oxygens (including phenoxy) is 3. The number of unbranched alkanes of at least 4 members (excludes halogenated alkanes) is 6. The van der Waals surface area contributed by atoms with Gasteiger partial charge in [-0.1, -0.05) is 51.9 Å². The van der Waals surface area contributed by atoms with E-state index in [0.717, 1.165) is 44.9 Å².